The number of amides is 1. The van der Waals surface area contributed by atoms with Crippen LogP contribution in [0, 0.1) is 0 Å². The van der Waals surface area contributed by atoms with Crippen molar-refractivity contribution in [1.82, 2.24) is 10.6 Å². The molecule has 1 unspecified atom stereocenters. The van der Waals surface area contributed by atoms with Gasteiger partial charge >= 0.3 is 0 Å². The van der Waals surface area contributed by atoms with Crippen molar-refractivity contribution >= 4 is 21.8 Å². The van der Waals surface area contributed by atoms with Crippen LogP contribution in [0.1, 0.15) is 12.0 Å². The minimum absolute atomic E-state index is 0.111. The van der Waals surface area contributed by atoms with E-state index in [9.17, 15) is 4.79 Å². The number of nitrogens with one attached hydrogen (secondary N) is 2. The summed E-state index contributed by atoms with van der Waals surface area (Å²) < 4.78 is 11.6. The molecule has 0 aliphatic carbocycles. The molecule has 0 bridgehead atoms. The summed E-state index contributed by atoms with van der Waals surface area (Å²) in [4.78, 5) is 11.1. The number of benzene rings is 1. The summed E-state index contributed by atoms with van der Waals surface area (Å²) in [5.41, 5.74) is 1.10. The van der Waals surface area contributed by atoms with Crippen LogP contribution in [0.2, 0.25) is 0 Å². The topological polar surface area (TPSA) is 59.6 Å². The number of hydrogen-bond acceptors (Lipinski definition) is 4. The summed E-state index contributed by atoms with van der Waals surface area (Å²) in [6.07, 6.45) is 0.547. The standard InChI is InChI=1S/C12H13BrN2O3/c13-9-1-7(2-10-12(9)18-6-17-10)4-14-8-3-11(16)15-5-8/h1-2,8,14H,3-6H2,(H,15,16). The molecule has 96 valence electrons. The van der Waals surface area contributed by atoms with Gasteiger partial charge in [0, 0.05) is 25.6 Å². The second-order valence-corrected chi connectivity index (χ2v) is 5.25. The van der Waals surface area contributed by atoms with Crippen LogP contribution >= 0.6 is 15.9 Å². The van der Waals surface area contributed by atoms with E-state index in [4.69, 9.17) is 9.47 Å². The van der Waals surface area contributed by atoms with Gasteiger partial charge in [-0.3, -0.25) is 4.79 Å². The number of hydrogen-bond donors (Lipinski definition) is 2. The fourth-order valence-electron chi connectivity index (χ4n) is 2.13. The molecule has 1 fully saturated rings. The summed E-state index contributed by atoms with van der Waals surface area (Å²) in [7, 11) is 0. The fourth-order valence-corrected chi connectivity index (χ4v) is 2.74. The third-order valence-corrected chi connectivity index (χ3v) is 3.65. The second kappa shape index (κ2) is 4.78. The third-order valence-electron chi connectivity index (χ3n) is 3.06. The van der Waals surface area contributed by atoms with Crippen molar-refractivity contribution in [3.63, 3.8) is 0 Å². The minimum atomic E-state index is 0.111. The molecule has 2 heterocycles. The lowest BCUT2D eigenvalue weighted by molar-refractivity contribution is -0.119. The SMILES string of the molecule is O=C1CC(NCc2cc(Br)c3c(c2)OCO3)CN1. The predicted octanol–water partition coefficient (Wildman–Crippen LogP) is 1.16. The molecule has 1 atom stereocenters. The maximum atomic E-state index is 11.1. The molecule has 1 aromatic carbocycles. The molecular weight excluding hydrogens is 300 g/mol. The van der Waals surface area contributed by atoms with Crippen molar-refractivity contribution in [3.05, 3.63) is 22.2 Å². The first kappa shape index (κ1) is 11.8. The van der Waals surface area contributed by atoms with E-state index in [-0.39, 0.29) is 18.7 Å². The van der Waals surface area contributed by atoms with E-state index in [0.29, 0.717) is 19.5 Å². The molecule has 1 aromatic rings. The van der Waals surface area contributed by atoms with Gasteiger partial charge in [0.1, 0.15) is 0 Å². The first-order valence-electron chi connectivity index (χ1n) is 5.80. The number of ether oxygens (including phenoxy) is 2. The monoisotopic (exact) mass is 312 g/mol. The van der Waals surface area contributed by atoms with Gasteiger partial charge in [-0.1, -0.05) is 0 Å². The molecule has 1 amide bonds. The Kier molecular flexibility index (Phi) is 3.13. The first-order valence-corrected chi connectivity index (χ1v) is 6.60. The van der Waals surface area contributed by atoms with Gasteiger partial charge in [0.05, 0.1) is 4.47 Å². The highest BCUT2D eigenvalue weighted by Gasteiger charge is 2.22. The van der Waals surface area contributed by atoms with E-state index < -0.39 is 0 Å². The number of halogens is 1. The van der Waals surface area contributed by atoms with Crippen molar-refractivity contribution in [1.29, 1.82) is 0 Å². The van der Waals surface area contributed by atoms with Crippen molar-refractivity contribution in [2.45, 2.75) is 19.0 Å². The van der Waals surface area contributed by atoms with Gasteiger partial charge in [0.25, 0.3) is 0 Å². The largest absolute Gasteiger partial charge is 0.454 e. The first-order chi connectivity index (χ1) is 8.72. The van der Waals surface area contributed by atoms with E-state index >= 15 is 0 Å². The van der Waals surface area contributed by atoms with E-state index in [1.54, 1.807) is 0 Å². The highest BCUT2D eigenvalue weighted by molar-refractivity contribution is 9.10. The van der Waals surface area contributed by atoms with Crippen LogP contribution in [0.3, 0.4) is 0 Å². The molecule has 0 spiro atoms. The zero-order chi connectivity index (χ0) is 12.5. The number of carbonyl (C=O) groups is 1. The fraction of sp³-hybridized carbons (Fsp3) is 0.417. The van der Waals surface area contributed by atoms with Crippen molar-refractivity contribution in [2.75, 3.05) is 13.3 Å². The highest BCUT2D eigenvalue weighted by atomic mass is 79.9. The lowest BCUT2D eigenvalue weighted by Gasteiger charge is -2.11. The molecule has 0 radical (unpaired) electrons. The molecule has 5 nitrogen and oxygen atoms in total. The highest BCUT2D eigenvalue weighted by Crippen LogP contribution is 2.39. The normalized spacial score (nSPS) is 21.2. The molecule has 2 aliphatic heterocycles. The molecule has 1 saturated heterocycles. The summed E-state index contributed by atoms with van der Waals surface area (Å²) in [5.74, 6) is 1.64. The van der Waals surface area contributed by atoms with Crippen LogP contribution in [0.25, 0.3) is 0 Å². The van der Waals surface area contributed by atoms with E-state index in [0.717, 1.165) is 21.5 Å². The molecule has 0 saturated carbocycles. The molecule has 0 aromatic heterocycles. The van der Waals surface area contributed by atoms with Crippen molar-refractivity contribution < 1.29 is 14.3 Å². The summed E-state index contributed by atoms with van der Waals surface area (Å²) in [5, 5.41) is 6.15. The lowest BCUT2D eigenvalue weighted by atomic mass is 10.2. The van der Waals surface area contributed by atoms with Crippen LogP contribution in [-0.2, 0) is 11.3 Å². The Morgan fingerprint density at radius 1 is 1.44 bits per heavy atom. The zero-order valence-electron chi connectivity index (χ0n) is 9.66. The van der Waals surface area contributed by atoms with Crippen molar-refractivity contribution in [3.8, 4) is 11.5 Å². The van der Waals surface area contributed by atoms with Gasteiger partial charge in [-0.25, -0.2) is 0 Å². The third kappa shape index (κ3) is 2.30. The Morgan fingerprint density at radius 2 is 2.33 bits per heavy atom. The van der Waals surface area contributed by atoms with Crippen LogP contribution in [0.15, 0.2) is 16.6 Å². The molecule has 2 N–H and O–H groups in total. The summed E-state index contributed by atoms with van der Waals surface area (Å²) in [6.45, 7) is 1.67. The van der Waals surface area contributed by atoms with Gasteiger partial charge in [-0.05, 0) is 33.6 Å². The van der Waals surface area contributed by atoms with Crippen LogP contribution in [-0.4, -0.2) is 25.3 Å². The Morgan fingerprint density at radius 3 is 3.11 bits per heavy atom. The van der Waals surface area contributed by atoms with E-state index in [1.807, 2.05) is 12.1 Å². The van der Waals surface area contributed by atoms with Crippen LogP contribution < -0.4 is 20.1 Å². The second-order valence-electron chi connectivity index (χ2n) is 4.40. The number of fused-ring (bicyclic) bond motifs is 1. The summed E-state index contributed by atoms with van der Waals surface area (Å²) >= 11 is 3.46. The van der Waals surface area contributed by atoms with E-state index in [1.165, 1.54) is 0 Å². The van der Waals surface area contributed by atoms with Crippen molar-refractivity contribution in [2.24, 2.45) is 0 Å². The molecule has 3 rings (SSSR count). The maximum absolute atomic E-state index is 11.1. The Labute approximate surface area is 113 Å². The number of carbonyl (C=O) groups excluding carboxylic acids is 1. The quantitative estimate of drug-likeness (QED) is 0.879. The Hall–Kier alpha value is -1.27. The van der Waals surface area contributed by atoms with Gasteiger partial charge in [-0.2, -0.15) is 0 Å². The average Bonchev–Trinajstić information content (AvgIpc) is 2.95. The maximum Gasteiger partial charge on any atom is 0.231 e. The van der Waals surface area contributed by atoms with Crippen LogP contribution in [0.5, 0.6) is 11.5 Å². The predicted molar refractivity (Wildman–Crippen MR) is 68.5 cm³/mol. The minimum Gasteiger partial charge on any atom is -0.454 e. The molecule has 2 aliphatic rings. The Balaban J connectivity index is 1.66. The van der Waals surface area contributed by atoms with E-state index in [2.05, 4.69) is 26.6 Å². The molecule has 18 heavy (non-hydrogen) atoms. The average molecular weight is 313 g/mol. The number of rotatable bonds is 3. The zero-order valence-corrected chi connectivity index (χ0v) is 11.2. The van der Waals surface area contributed by atoms with Crippen LogP contribution in [0.4, 0.5) is 0 Å². The lowest BCUT2D eigenvalue weighted by Crippen LogP contribution is -2.30. The van der Waals surface area contributed by atoms with Gasteiger partial charge < -0.3 is 20.1 Å². The van der Waals surface area contributed by atoms with Gasteiger partial charge in [-0.15, -0.1) is 0 Å². The van der Waals surface area contributed by atoms with Gasteiger partial charge in [0.15, 0.2) is 11.5 Å². The summed E-state index contributed by atoms with van der Waals surface area (Å²) in [6, 6.07) is 4.18. The smallest absolute Gasteiger partial charge is 0.231 e. The molecular formula is C12H13BrN2O3. The van der Waals surface area contributed by atoms with Gasteiger partial charge in [0.2, 0.25) is 12.7 Å². The Bertz CT molecular complexity index is 492. The molecule has 6 heteroatoms.